The summed E-state index contributed by atoms with van der Waals surface area (Å²) >= 11 is 2.80. The lowest BCUT2D eigenvalue weighted by Gasteiger charge is -2.15. The van der Waals surface area contributed by atoms with Gasteiger partial charge in [-0.05, 0) is 64.5 Å². The maximum atomic E-state index is 13.4. The van der Waals surface area contributed by atoms with Crippen LogP contribution < -0.4 is 5.32 Å². The predicted octanol–water partition coefficient (Wildman–Crippen LogP) is 6.19. The molecule has 3 heterocycles. The molecule has 0 fully saturated rings. The largest absolute Gasteiger partial charge is 0.462 e. The Morgan fingerprint density at radius 3 is 2.70 bits per heavy atom. The van der Waals surface area contributed by atoms with Gasteiger partial charge in [0.2, 0.25) is 11.1 Å². The van der Waals surface area contributed by atoms with E-state index in [1.165, 1.54) is 28.0 Å². The summed E-state index contributed by atoms with van der Waals surface area (Å²) in [5, 5.41) is 13.5. The van der Waals surface area contributed by atoms with Gasteiger partial charge in [0, 0.05) is 16.3 Å². The Morgan fingerprint density at radius 1 is 1.16 bits per heavy atom. The number of carbonyl (C=O) groups is 2. The third-order valence-corrected chi connectivity index (χ3v) is 9.03. The number of thioether (sulfide) groups is 1. The molecule has 4 aromatic rings. The minimum Gasteiger partial charge on any atom is -0.462 e. The Labute approximate surface area is 224 Å². The van der Waals surface area contributed by atoms with Crippen molar-refractivity contribution in [2.24, 2.45) is 0 Å². The first-order chi connectivity index (χ1) is 17.9. The van der Waals surface area contributed by atoms with Crippen LogP contribution in [0.25, 0.3) is 22.1 Å². The number of nitrogens with one attached hydrogen (secondary N) is 1. The van der Waals surface area contributed by atoms with Crippen molar-refractivity contribution in [3.63, 3.8) is 0 Å². The van der Waals surface area contributed by atoms with E-state index in [1.54, 1.807) is 6.92 Å². The normalized spacial score (nSPS) is 14.2. The second-order valence-electron chi connectivity index (χ2n) is 9.39. The van der Waals surface area contributed by atoms with Crippen LogP contribution in [0.4, 0.5) is 5.00 Å². The second-order valence-corrected chi connectivity index (χ2v) is 11.7. The van der Waals surface area contributed by atoms with E-state index in [4.69, 9.17) is 9.72 Å². The van der Waals surface area contributed by atoms with E-state index in [2.05, 4.69) is 40.0 Å². The molecule has 1 aliphatic rings. The first-order valence-corrected chi connectivity index (χ1v) is 14.5. The van der Waals surface area contributed by atoms with E-state index in [9.17, 15) is 9.59 Å². The molecule has 1 atom stereocenters. The number of rotatable bonds is 8. The number of thiophene rings is 1. The molecule has 1 amide bonds. The molecule has 5 rings (SSSR count). The summed E-state index contributed by atoms with van der Waals surface area (Å²) in [6.07, 6.45) is 4.47. The molecule has 0 saturated carbocycles. The fourth-order valence-electron chi connectivity index (χ4n) is 4.93. The number of aromatic nitrogens is 4. The molecule has 0 radical (unpaired) electrons. The van der Waals surface area contributed by atoms with Crippen molar-refractivity contribution in [1.29, 1.82) is 0 Å². The summed E-state index contributed by atoms with van der Waals surface area (Å²) in [7, 11) is 0. The van der Waals surface area contributed by atoms with Crippen LogP contribution in [0.15, 0.2) is 29.4 Å². The number of carbonyl (C=O) groups excluding carboxylic acids is 2. The van der Waals surface area contributed by atoms with E-state index in [0.29, 0.717) is 28.7 Å². The molecule has 0 spiro atoms. The third kappa shape index (κ3) is 4.84. The van der Waals surface area contributed by atoms with Gasteiger partial charge in [0.25, 0.3) is 0 Å². The van der Waals surface area contributed by atoms with Gasteiger partial charge in [-0.3, -0.25) is 4.79 Å². The molecule has 37 heavy (non-hydrogen) atoms. The topological polar surface area (TPSA) is 99.0 Å². The lowest BCUT2D eigenvalue weighted by Crippen LogP contribution is -2.25. The first-order valence-electron chi connectivity index (χ1n) is 12.8. The van der Waals surface area contributed by atoms with Gasteiger partial charge < -0.3 is 14.6 Å². The van der Waals surface area contributed by atoms with Gasteiger partial charge in [-0.2, -0.15) is 0 Å². The van der Waals surface area contributed by atoms with Gasteiger partial charge in [-0.25, -0.2) is 9.78 Å². The standard InChI is InChI=1S/C27H31N5O3S2/c1-5-19(24(33)29-25-21(26(34)35-6-2)17-12-8-10-14-20(17)36-25)37-27-28-23-22(30-31-27)16-11-7-9-13-18(16)32(23)15(3)4/h7,9,11,13,15,19H,5-6,8,10,12,14H2,1-4H3,(H,29,33)/t19-/m0/s1. The van der Waals surface area contributed by atoms with E-state index in [-0.39, 0.29) is 17.9 Å². The van der Waals surface area contributed by atoms with Crippen LogP contribution in [0.1, 0.15) is 73.8 Å². The highest BCUT2D eigenvalue weighted by Crippen LogP contribution is 2.39. The molecule has 3 aromatic heterocycles. The number of hydrogen-bond donors (Lipinski definition) is 1. The molecule has 1 aliphatic carbocycles. The molecule has 10 heteroatoms. The summed E-state index contributed by atoms with van der Waals surface area (Å²) in [5.74, 6) is -0.540. The number of amides is 1. The van der Waals surface area contributed by atoms with Crippen molar-refractivity contribution in [2.75, 3.05) is 11.9 Å². The molecule has 194 valence electrons. The zero-order valence-electron chi connectivity index (χ0n) is 21.5. The predicted molar refractivity (Wildman–Crippen MR) is 149 cm³/mol. The first kappa shape index (κ1) is 25.7. The number of hydrogen-bond acceptors (Lipinski definition) is 8. The van der Waals surface area contributed by atoms with E-state index in [0.717, 1.165) is 53.3 Å². The Hall–Kier alpha value is -2.98. The average molecular weight is 538 g/mol. The van der Waals surface area contributed by atoms with Gasteiger partial charge >= 0.3 is 5.97 Å². The van der Waals surface area contributed by atoms with Gasteiger partial charge in [0.05, 0.1) is 22.9 Å². The Morgan fingerprint density at radius 2 is 1.95 bits per heavy atom. The van der Waals surface area contributed by atoms with Crippen LogP contribution in [0.5, 0.6) is 0 Å². The lowest BCUT2D eigenvalue weighted by atomic mass is 9.95. The molecule has 0 bridgehead atoms. The Balaban J connectivity index is 1.43. The summed E-state index contributed by atoms with van der Waals surface area (Å²) in [6.45, 7) is 8.28. The summed E-state index contributed by atoms with van der Waals surface area (Å²) < 4.78 is 7.49. The fraction of sp³-hybridized carbons (Fsp3) is 0.444. The number of nitrogens with zero attached hydrogens (tertiary/aromatic N) is 4. The van der Waals surface area contributed by atoms with Crippen LogP contribution in [-0.4, -0.2) is 43.5 Å². The summed E-state index contributed by atoms with van der Waals surface area (Å²) in [5.41, 5.74) is 4.14. The van der Waals surface area contributed by atoms with Crippen molar-refractivity contribution < 1.29 is 14.3 Å². The van der Waals surface area contributed by atoms with Gasteiger partial charge in [0.15, 0.2) is 5.65 Å². The molecule has 1 aromatic carbocycles. The molecular formula is C27H31N5O3S2. The zero-order chi connectivity index (χ0) is 26.1. The molecule has 1 N–H and O–H groups in total. The minimum absolute atomic E-state index is 0.176. The number of esters is 1. The van der Waals surface area contributed by atoms with Crippen molar-refractivity contribution in [3.8, 4) is 0 Å². The van der Waals surface area contributed by atoms with Gasteiger partial charge in [-0.1, -0.05) is 36.9 Å². The maximum absolute atomic E-state index is 13.4. The number of para-hydroxylation sites is 1. The highest BCUT2D eigenvalue weighted by Gasteiger charge is 2.29. The quantitative estimate of drug-likeness (QED) is 0.211. The average Bonchev–Trinajstić information content (AvgIpc) is 3.42. The summed E-state index contributed by atoms with van der Waals surface area (Å²) in [6, 6.07) is 8.28. The number of fused-ring (bicyclic) bond motifs is 4. The van der Waals surface area contributed by atoms with Crippen molar-refractivity contribution in [3.05, 3.63) is 40.3 Å². The zero-order valence-corrected chi connectivity index (χ0v) is 23.2. The number of anilines is 1. The number of aryl methyl sites for hydroxylation is 1. The van der Waals surface area contributed by atoms with Crippen molar-refractivity contribution in [1.82, 2.24) is 19.7 Å². The SMILES string of the molecule is CCOC(=O)c1c(NC(=O)[C@H](CC)Sc2nnc3c4ccccc4n(C(C)C)c3n2)sc2c1CCCC2. The lowest BCUT2D eigenvalue weighted by molar-refractivity contribution is -0.115. The third-order valence-electron chi connectivity index (χ3n) is 6.61. The van der Waals surface area contributed by atoms with Crippen LogP contribution in [0.2, 0.25) is 0 Å². The van der Waals surface area contributed by atoms with Crippen LogP contribution in [0, 0.1) is 0 Å². The van der Waals surface area contributed by atoms with Crippen molar-refractivity contribution in [2.45, 2.75) is 76.2 Å². The second kappa shape index (κ2) is 10.8. The minimum atomic E-state index is -0.440. The fourth-order valence-corrected chi connectivity index (χ4v) is 7.03. The smallest absolute Gasteiger partial charge is 0.341 e. The monoisotopic (exact) mass is 537 g/mol. The van der Waals surface area contributed by atoms with Crippen LogP contribution in [-0.2, 0) is 22.4 Å². The van der Waals surface area contributed by atoms with Crippen LogP contribution in [0.3, 0.4) is 0 Å². The molecular weight excluding hydrogens is 506 g/mol. The Kier molecular flexibility index (Phi) is 7.48. The highest BCUT2D eigenvalue weighted by atomic mass is 32.2. The molecule has 0 aliphatic heterocycles. The van der Waals surface area contributed by atoms with E-state index >= 15 is 0 Å². The Bertz CT molecular complexity index is 1480. The highest BCUT2D eigenvalue weighted by molar-refractivity contribution is 8.00. The molecule has 8 nitrogen and oxygen atoms in total. The molecule has 0 saturated heterocycles. The number of benzene rings is 1. The maximum Gasteiger partial charge on any atom is 0.341 e. The van der Waals surface area contributed by atoms with Crippen LogP contribution >= 0.6 is 23.1 Å². The van der Waals surface area contributed by atoms with E-state index in [1.807, 2.05) is 25.1 Å². The van der Waals surface area contributed by atoms with Gasteiger partial charge in [0.1, 0.15) is 10.5 Å². The van der Waals surface area contributed by atoms with Gasteiger partial charge in [-0.15, -0.1) is 21.5 Å². The van der Waals surface area contributed by atoms with Crippen molar-refractivity contribution >= 4 is 62.0 Å². The van der Waals surface area contributed by atoms with E-state index < -0.39 is 5.25 Å². The number of ether oxygens (including phenoxy) is 1. The molecule has 0 unspecified atom stereocenters. The summed E-state index contributed by atoms with van der Waals surface area (Å²) in [4.78, 5) is 32.2.